The van der Waals surface area contributed by atoms with E-state index >= 15 is 0 Å². The van der Waals surface area contributed by atoms with Crippen molar-refractivity contribution in [2.45, 2.75) is 13.5 Å². The van der Waals surface area contributed by atoms with E-state index in [1.807, 2.05) is 43.6 Å². The number of nitrogens with two attached hydrogens (primary N) is 1. The van der Waals surface area contributed by atoms with E-state index in [4.69, 9.17) is 5.73 Å². The normalized spacial score (nSPS) is 10.1. The zero-order chi connectivity index (χ0) is 11.4. The number of benzene rings is 1. The third-order valence-electron chi connectivity index (χ3n) is 2.35. The van der Waals surface area contributed by atoms with Gasteiger partial charge in [0, 0.05) is 18.4 Å². The molecule has 0 saturated heterocycles. The average Bonchev–Trinajstić information content (AvgIpc) is 2.30. The molecule has 3 nitrogen and oxygen atoms in total. The number of pyridine rings is 1. The highest BCUT2D eigenvalue weighted by Crippen LogP contribution is 2.16. The van der Waals surface area contributed by atoms with E-state index in [9.17, 15) is 0 Å². The van der Waals surface area contributed by atoms with Crippen molar-refractivity contribution in [3.63, 3.8) is 0 Å². The molecular weight excluding hydrogens is 198 g/mol. The lowest BCUT2D eigenvalue weighted by Crippen LogP contribution is -1.96. The molecule has 1 aromatic heterocycles. The van der Waals surface area contributed by atoms with Crippen LogP contribution in [0.5, 0.6) is 0 Å². The molecule has 0 unspecified atom stereocenters. The summed E-state index contributed by atoms with van der Waals surface area (Å²) in [4.78, 5) is 4.13. The zero-order valence-corrected chi connectivity index (χ0v) is 9.27. The summed E-state index contributed by atoms with van der Waals surface area (Å²) in [6.45, 7) is 2.60. The first kappa shape index (κ1) is 10.6. The summed E-state index contributed by atoms with van der Waals surface area (Å²) in [6, 6.07) is 10.1. The molecule has 0 atom stereocenters. The van der Waals surface area contributed by atoms with Crippen molar-refractivity contribution in [1.29, 1.82) is 0 Å². The first-order valence-electron chi connectivity index (χ1n) is 5.25. The van der Waals surface area contributed by atoms with Crippen molar-refractivity contribution < 1.29 is 0 Å². The fourth-order valence-corrected chi connectivity index (χ4v) is 1.51. The van der Waals surface area contributed by atoms with E-state index in [1.54, 1.807) is 0 Å². The Balaban J connectivity index is 2.14. The lowest BCUT2D eigenvalue weighted by atomic mass is 10.2. The molecule has 0 radical (unpaired) electrons. The van der Waals surface area contributed by atoms with Crippen LogP contribution in [0.3, 0.4) is 0 Å². The number of nitrogens with zero attached hydrogens (tertiary/aromatic N) is 1. The van der Waals surface area contributed by atoms with Crippen molar-refractivity contribution in [2.75, 3.05) is 5.32 Å². The fourth-order valence-electron chi connectivity index (χ4n) is 1.51. The molecule has 3 N–H and O–H groups in total. The van der Waals surface area contributed by atoms with Crippen LogP contribution in [0.15, 0.2) is 42.7 Å². The number of aryl methyl sites for hydroxylation is 1. The third-order valence-corrected chi connectivity index (χ3v) is 2.35. The minimum atomic E-state index is 0.576. The van der Waals surface area contributed by atoms with Crippen LogP contribution < -0.4 is 11.1 Å². The molecule has 16 heavy (non-hydrogen) atoms. The third kappa shape index (κ3) is 2.58. The van der Waals surface area contributed by atoms with Gasteiger partial charge in [-0.1, -0.05) is 12.1 Å². The molecular formula is C13H15N3. The number of anilines is 2. The maximum Gasteiger partial charge on any atom is 0.0573 e. The van der Waals surface area contributed by atoms with Crippen LogP contribution in [0.1, 0.15) is 11.1 Å². The Morgan fingerprint density at radius 1 is 1.12 bits per heavy atom. The van der Waals surface area contributed by atoms with Crippen molar-refractivity contribution >= 4 is 11.4 Å². The van der Waals surface area contributed by atoms with Gasteiger partial charge >= 0.3 is 0 Å². The second kappa shape index (κ2) is 4.77. The average molecular weight is 213 g/mol. The molecule has 0 bridgehead atoms. The van der Waals surface area contributed by atoms with Gasteiger partial charge in [-0.2, -0.15) is 0 Å². The van der Waals surface area contributed by atoms with Crippen LogP contribution in [0, 0.1) is 6.92 Å². The van der Waals surface area contributed by atoms with E-state index in [1.165, 1.54) is 0 Å². The standard InChI is InChI=1S/C13H15N3/c1-10-6-13(9-15-8-10)16-12-4-2-11(7-14)3-5-12/h2-6,8-9,16H,7,14H2,1H3. The molecule has 1 heterocycles. The van der Waals surface area contributed by atoms with E-state index in [0.29, 0.717) is 6.54 Å². The van der Waals surface area contributed by atoms with Crippen LogP contribution in [-0.4, -0.2) is 4.98 Å². The van der Waals surface area contributed by atoms with Crippen LogP contribution in [0.25, 0.3) is 0 Å². The summed E-state index contributed by atoms with van der Waals surface area (Å²) >= 11 is 0. The Kier molecular flexibility index (Phi) is 3.17. The second-order valence-electron chi connectivity index (χ2n) is 3.78. The fraction of sp³-hybridized carbons (Fsp3) is 0.154. The number of rotatable bonds is 3. The molecule has 0 aliphatic rings. The Labute approximate surface area is 95.3 Å². The van der Waals surface area contributed by atoms with E-state index in [0.717, 1.165) is 22.5 Å². The number of aromatic nitrogens is 1. The van der Waals surface area contributed by atoms with Gasteiger partial charge in [0.2, 0.25) is 0 Å². The topological polar surface area (TPSA) is 50.9 Å². The van der Waals surface area contributed by atoms with Crippen LogP contribution in [-0.2, 0) is 6.54 Å². The first-order chi connectivity index (χ1) is 7.78. The van der Waals surface area contributed by atoms with Crippen LogP contribution >= 0.6 is 0 Å². The zero-order valence-electron chi connectivity index (χ0n) is 9.27. The van der Waals surface area contributed by atoms with E-state index in [2.05, 4.69) is 16.4 Å². The summed E-state index contributed by atoms with van der Waals surface area (Å²) in [6.07, 6.45) is 3.65. The van der Waals surface area contributed by atoms with E-state index < -0.39 is 0 Å². The first-order valence-corrected chi connectivity index (χ1v) is 5.25. The molecule has 0 spiro atoms. The van der Waals surface area contributed by atoms with Gasteiger partial charge in [0.05, 0.1) is 11.9 Å². The van der Waals surface area contributed by atoms with Gasteiger partial charge in [-0.15, -0.1) is 0 Å². The molecule has 82 valence electrons. The largest absolute Gasteiger partial charge is 0.354 e. The van der Waals surface area contributed by atoms with Gasteiger partial charge in [-0.3, -0.25) is 4.98 Å². The van der Waals surface area contributed by atoms with Crippen LogP contribution in [0.4, 0.5) is 11.4 Å². The molecule has 0 aliphatic carbocycles. The predicted octanol–water partition coefficient (Wildman–Crippen LogP) is 2.59. The predicted molar refractivity (Wildman–Crippen MR) is 66.6 cm³/mol. The molecule has 0 amide bonds. The molecule has 1 aromatic carbocycles. The highest BCUT2D eigenvalue weighted by atomic mass is 14.9. The molecule has 2 aromatic rings. The second-order valence-corrected chi connectivity index (χ2v) is 3.78. The Hall–Kier alpha value is -1.87. The van der Waals surface area contributed by atoms with E-state index in [-0.39, 0.29) is 0 Å². The quantitative estimate of drug-likeness (QED) is 0.824. The SMILES string of the molecule is Cc1cncc(Nc2ccc(CN)cc2)c1. The summed E-state index contributed by atoms with van der Waals surface area (Å²) in [5, 5.41) is 3.29. The highest BCUT2D eigenvalue weighted by Gasteiger charge is 1.95. The number of hydrogen-bond acceptors (Lipinski definition) is 3. The maximum absolute atomic E-state index is 5.54. The van der Waals surface area contributed by atoms with Gasteiger partial charge in [0.25, 0.3) is 0 Å². The summed E-state index contributed by atoms with van der Waals surface area (Å²) in [5.41, 5.74) is 9.86. The highest BCUT2D eigenvalue weighted by molar-refractivity contribution is 5.59. The van der Waals surface area contributed by atoms with Crippen LogP contribution in [0.2, 0.25) is 0 Å². The van der Waals surface area contributed by atoms with Crippen molar-refractivity contribution in [1.82, 2.24) is 4.98 Å². The Bertz CT molecular complexity index is 463. The van der Waals surface area contributed by atoms with Gasteiger partial charge < -0.3 is 11.1 Å². The van der Waals surface area contributed by atoms with Gasteiger partial charge in [0.1, 0.15) is 0 Å². The Morgan fingerprint density at radius 2 is 1.88 bits per heavy atom. The number of nitrogens with one attached hydrogen (secondary N) is 1. The van der Waals surface area contributed by atoms with Crippen molar-refractivity contribution in [2.24, 2.45) is 5.73 Å². The lowest BCUT2D eigenvalue weighted by molar-refractivity contribution is 1.07. The molecule has 3 heteroatoms. The summed E-state index contributed by atoms with van der Waals surface area (Å²) in [7, 11) is 0. The van der Waals surface area contributed by atoms with Gasteiger partial charge in [0.15, 0.2) is 0 Å². The maximum atomic E-state index is 5.54. The minimum absolute atomic E-state index is 0.576. The molecule has 0 saturated carbocycles. The molecule has 0 aliphatic heterocycles. The molecule has 0 fully saturated rings. The lowest BCUT2D eigenvalue weighted by Gasteiger charge is -2.07. The summed E-state index contributed by atoms with van der Waals surface area (Å²) in [5.74, 6) is 0. The monoisotopic (exact) mass is 213 g/mol. The Morgan fingerprint density at radius 3 is 2.50 bits per heavy atom. The smallest absolute Gasteiger partial charge is 0.0573 e. The van der Waals surface area contributed by atoms with Crippen molar-refractivity contribution in [3.05, 3.63) is 53.9 Å². The van der Waals surface area contributed by atoms with Gasteiger partial charge in [-0.05, 0) is 36.2 Å². The van der Waals surface area contributed by atoms with Gasteiger partial charge in [-0.25, -0.2) is 0 Å². The number of hydrogen-bond donors (Lipinski definition) is 2. The minimum Gasteiger partial charge on any atom is -0.354 e. The molecule has 2 rings (SSSR count). The van der Waals surface area contributed by atoms with Crippen molar-refractivity contribution in [3.8, 4) is 0 Å². The summed E-state index contributed by atoms with van der Waals surface area (Å²) < 4.78 is 0.